The van der Waals surface area contributed by atoms with Crippen LogP contribution in [0, 0.1) is 0 Å². The molecule has 1 heterocycles. The molecule has 6 nitrogen and oxygen atoms in total. The van der Waals surface area contributed by atoms with Gasteiger partial charge in [0, 0.05) is 13.1 Å². The maximum atomic E-state index is 12.4. The van der Waals surface area contributed by atoms with E-state index in [1.54, 1.807) is 0 Å². The Balaban J connectivity index is 2.69. The first-order valence-corrected chi connectivity index (χ1v) is 8.85. The summed E-state index contributed by atoms with van der Waals surface area (Å²) < 4.78 is 31.5. The Bertz CT molecular complexity index is 509. The second-order valence-corrected chi connectivity index (χ2v) is 6.62. The normalized spacial score (nSPS) is 12.5. The van der Waals surface area contributed by atoms with Crippen LogP contribution in [0.15, 0.2) is 21.6 Å². The van der Waals surface area contributed by atoms with Crippen LogP contribution in [0.2, 0.25) is 0 Å². The third-order valence-electron chi connectivity index (χ3n) is 3.52. The molecule has 1 N–H and O–H groups in total. The molecule has 1 rings (SSSR count). The van der Waals surface area contributed by atoms with Crippen molar-refractivity contribution in [3.63, 3.8) is 0 Å². The summed E-state index contributed by atoms with van der Waals surface area (Å²) in [7, 11) is -3.61. The van der Waals surface area contributed by atoms with E-state index >= 15 is 0 Å². The van der Waals surface area contributed by atoms with E-state index in [-0.39, 0.29) is 17.5 Å². The highest BCUT2D eigenvalue weighted by Crippen LogP contribution is 2.19. The maximum absolute atomic E-state index is 12.4. The van der Waals surface area contributed by atoms with Crippen molar-refractivity contribution in [3.05, 3.63) is 17.9 Å². The van der Waals surface area contributed by atoms with E-state index in [0.29, 0.717) is 13.1 Å². The number of aliphatic hydroxyl groups is 1. The zero-order chi connectivity index (χ0) is 15.9. The first-order chi connectivity index (χ1) is 9.99. The van der Waals surface area contributed by atoms with Gasteiger partial charge in [-0.1, -0.05) is 20.8 Å². The van der Waals surface area contributed by atoms with Crippen molar-refractivity contribution in [2.45, 2.75) is 38.9 Å². The minimum absolute atomic E-state index is 0.101. The van der Waals surface area contributed by atoms with E-state index in [0.717, 1.165) is 26.1 Å². The van der Waals surface area contributed by atoms with Gasteiger partial charge in [-0.15, -0.1) is 0 Å². The molecule has 122 valence electrons. The third-order valence-corrected chi connectivity index (χ3v) is 5.36. The Kier molecular flexibility index (Phi) is 7.37. The monoisotopic (exact) mass is 318 g/mol. The number of nitrogens with zero attached hydrogens (tertiary/aromatic N) is 2. The van der Waals surface area contributed by atoms with E-state index < -0.39 is 10.0 Å². The summed E-state index contributed by atoms with van der Waals surface area (Å²) in [6.45, 7) is 9.36. The second-order valence-electron chi connectivity index (χ2n) is 4.76. The van der Waals surface area contributed by atoms with Gasteiger partial charge in [-0.3, -0.25) is 0 Å². The molecule has 0 fully saturated rings. The Labute approximate surface area is 127 Å². The van der Waals surface area contributed by atoms with Gasteiger partial charge in [0.05, 0.1) is 0 Å². The smallest absolute Gasteiger partial charge is 0.276 e. The lowest BCUT2D eigenvalue weighted by molar-refractivity contribution is 0.234. The Hall–Kier alpha value is -0.890. The predicted octanol–water partition coefficient (Wildman–Crippen LogP) is 1.51. The lowest BCUT2D eigenvalue weighted by Gasteiger charge is -2.22. The molecule has 7 heteroatoms. The molecule has 1 aromatic heterocycles. The molecule has 1 aromatic rings. The Morgan fingerprint density at radius 1 is 1.10 bits per heavy atom. The van der Waals surface area contributed by atoms with E-state index in [9.17, 15) is 8.42 Å². The van der Waals surface area contributed by atoms with Gasteiger partial charge in [0.25, 0.3) is 10.0 Å². The van der Waals surface area contributed by atoms with Crippen LogP contribution in [-0.2, 0) is 16.6 Å². The Morgan fingerprint density at radius 3 is 2.24 bits per heavy atom. The predicted molar refractivity (Wildman–Crippen MR) is 81.5 cm³/mol. The van der Waals surface area contributed by atoms with Crippen molar-refractivity contribution in [1.29, 1.82) is 0 Å². The molecule has 0 aliphatic heterocycles. The molecule has 0 spiro atoms. The number of hydrogen-bond acceptors (Lipinski definition) is 5. The molecule has 0 saturated heterocycles. The lowest BCUT2D eigenvalue weighted by Crippen LogP contribution is -2.34. The number of aliphatic hydroxyl groups excluding tert-OH is 1. The highest BCUT2D eigenvalue weighted by atomic mass is 32.2. The average molecular weight is 318 g/mol. The number of furan rings is 1. The minimum atomic E-state index is -3.61. The van der Waals surface area contributed by atoms with Gasteiger partial charge in [-0.25, -0.2) is 8.42 Å². The molecule has 0 aromatic carbocycles. The summed E-state index contributed by atoms with van der Waals surface area (Å²) in [4.78, 5) is 2.26. The topological polar surface area (TPSA) is 74.0 Å². The fourth-order valence-electron chi connectivity index (χ4n) is 2.17. The molecular weight excluding hydrogens is 292 g/mol. The van der Waals surface area contributed by atoms with E-state index in [2.05, 4.69) is 18.7 Å². The molecule has 0 amide bonds. The van der Waals surface area contributed by atoms with Crippen LogP contribution in [0.25, 0.3) is 0 Å². The minimum Gasteiger partial charge on any atom is -0.446 e. The molecule has 0 radical (unpaired) electrons. The maximum Gasteiger partial charge on any atom is 0.276 e. The summed E-state index contributed by atoms with van der Waals surface area (Å²) in [6, 6.07) is 2.88. The Morgan fingerprint density at radius 2 is 1.76 bits per heavy atom. The fraction of sp³-hybridized carbons (Fsp3) is 0.714. The molecule has 0 unspecified atom stereocenters. The largest absolute Gasteiger partial charge is 0.446 e. The van der Waals surface area contributed by atoms with Crippen molar-refractivity contribution in [1.82, 2.24) is 9.21 Å². The zero-order valence-corrected chi connectivity index (χ0v) is 13.9. The molecule has 21 heavy (non-hydrogen) atoms. The van der Waals surface area contributed by atoms with Crippen molar-refractivity contribution >= 4 is 10.0 Å². The molecule has 0 bridgehead atoms. The number of sulfonamides is 1. The van der Waals surface area contributed by atoms with Gasteiger partial charge < -0.3 is 14.4 Å². The van der Waals surface area contributed by atoms with Crippen LogP contribution in [0.3, 0.4) is 0 Å². The van der Waals surface area contributed by atoms with Gasteiger partial charge in [0.2, 0.25) is 5.09 Å². The second kappa shape index (κ2) is 8.53. The summed E-state index contributed by atoms with van der Waals surface area (Å²) >= 11 is 0. The van der Waals surface area contributed by atoms with E-state index in [4.69, 9.17) is 9.52 Å². The van der Waals surface area contributed by atoms with Crippen LogP contribution in [0.5, 0.6) is 0 Å². The lowest BCUT2D eigenvalue weighted by atomic mass is 10.3. The van der Waals surface area contributed by atoms with Crippen LogP contribution >= 0.6 is 0 Å². The van der Waals surface area contributed by atoms with Gasteiger partial charge in [0.15, 0.2) is 0 Å². The number of rotatable bonds is 10. The van der Waals surface area contributed by atoms with Crippen molar-refractivity contribution in [2.24, 2.45) is 0 Å². The molecule has 0 aliphatic rings. The quantitative estimate of drug-likeness (QED) is 0.708. The van der Waals surface area contributed by atoms with Gasteiger partial charge in [-0.2, -0.15) is 4.31 Å². The highest BCUT2D eigenvalue weighted by Gasteiger charge is 2.26. The van der Waals surface area contributed by atoms with E-state index in [1.165, 1.54) is 16.4 Å². The molecule has 0 saturated carbocycles. The van der Waals surface area contributed by atoms with Crippen molar-refractivity contribution in [2.75, 3.05) is 32.7 Å². The highest BCUT2D eigenvalue weighted by molar-refractivity contribution is 7.89. The standard InChI is InChI=1S/C14H26N2O4S/c1-4-15(5-2)10-7-11-16(6-3)21(18,19)14-9-8-13(12-17)20-14/h8-9,17H,4-7,10-12H2,1-3H3. The van der Waals surface area contributed by atoms with Crippen molar-refractivity contribution in [3.8, 4) is 0 Å². The summed E-state index contributed by atoms with van der Waals surface area (Å²) in [6.07, 6.45) is 0.780. The SMILES string of the molecule is CCN(CC)CCCN(CC)S(=O)(=O)c1ccc(CO)o1. The molecule has 0 atom stereocenters. The fourth-order valence-corrected chi connectivity index (χ4v) is 3.58. The van der Waals surface area contributed by atoms with Crippen LogP contribution in [-0.4, -0.2) is 55.5 Å². The first kappa shape index (κ1) is 18.2. The van der Waals surface area contributed by atoms with E-state index in [1.807, 2.05) is 6.92 Å². The summed E-state index contributed by atoms with van der Waals surface area (Å²) in [5.41, 5.74) is 0. The van der Waals surface area contributed by atoms with Gasteiger partial charge in [0.1, 0.15) is 12.4 Å². The average Bonchev–Trinajstić information content (AvgIpc) is 2.97. The van der Waals surface area contributed by atoms with Crippen LogP contribution < -0.4 is 0 Å². The summed E-state index contributed by atoms with van der Waals surface area (Å²) in [5.74, 6) is 0.257. The van der Waals surface area contributed by atoms with Crippen LogP contribution in [0.4, 0.5) is 0 Å². The van der Waals surface area contributed by atoms with Crippen LogP contribution in [0.1, 0.15) is 33.0 Å². The number of hydrogen-bond donors (Lipinski definition) is 1. The third kappa shape index (κ3) is 4.81. The van der Waals surface area contributed by atoms with Gasteiger partial charge >= 0.3 is 0 Å². The van der Waals surface area contributed by atoms with Crippen molar-refractivity contribution < 1.29 is 17.9 Å². The molecular formula is C14H26N2O4S. The first-order valence-electron chi connectivity index (χ1n) is 7.41. The van der Waals surface area contributed by atoms with Gasteiger partial charge in [-0.05, 0) is 38.2 Å². The summed E-state index contributed by atoms with van der Waals surface area (Å²) in [5, 5.41) is 8.86. The molecule has 0 aliphatic carbocycles. The zero-order valence-electron chi connectivity index (χ0n) is 13.1.